The summed E-state index contributed by atoms with van der Waals surface area (Å²) in [7, 11) is 2.19. The predicted octanol–water partition coefficient (Wildman–Crippen LogP) is 3.30. The minimum Gasteiger partial charge on any atom is -0.316 e. The zero-order valence-corrected chi connectivity index (χ0v) is 11.1. The molecule has 16 heavy (non-hydrogen) atoms. The molecule has 1 nitrogen and oxygen atoms in total. The lowest BCUT2D eigenvalue weighted by molar-refractivity contribution is 0.275. The van der Waals surface area contributed by atoms with Crippen molar-refractivity contribution in [1.29, 1.82) is 0 Å². The number of rotatable bonds is 5. The molecule has 0 heterocycles. The largest absolute Gasteiger partial charge is 0.316 e. The van der Waals surface area contributed by atoms with Crippen LogP contribution in [0.4, 0.5) is 0 Å². The van der Waals surface area contributed by atoms with Gasteiger partial charge in [0.1, 0.15) is 0 Å². The molecule has 0 aromatic rings. The highest BCUT2D eigenvalue weighted by atomic mass is 14.9. The third kappa shape index (κ3) is 1.40. The van der Waals surface area contributed by atoms with Crippen LogP contribution in [0.2, 0.25) is 0 Å². The molecule has 0 amide bonds. The second-order valence-corrected chi connectivity index (χ2v) is 6.46. The highest BCUT2D eigenvalue weighted by molar-refractivity contribution is 5.16. The van der Waals surface area contributed by atoms with Crippen LogP contribution in [0.5, 0.6) is 0 Å². The Bertz CT molecular complexity index is 242. The van der Waals surface area contributed by atoms with E-state index in [-0.39, 0.29) is 0 Å². The highest BCUT2D eigenvalue weighted by Gasteiger charge is 2.66. The molecule has 3 aliphatic rings. The Morgan fingerprint density at radius 1 is 1.06 bits per heavy atom. The van der Waals surface area contributed by atoms with Crippen molar-refractivity contribution < 1.29 is 0 Å². The van der Waals surface area contributed by atoms with Crippen LogP contribution in [-0.2, 0) is 0 Å². The third-order valence-corrected chi connectivity index (χ3v) is 6.10. The molecule has 0 aromatic heterocycles. The summed E-state index contributed by atoms with van der Waals surface area (Å²) in [6.45, 7) is 4.73. The van der Waals surface area contributed by atoms with Gasteiger partial charge in [-0.25, -0.2) is 0 Å². The van der Waals surface area contributed by atoms with Crippen LogP contribution in [0, 0.1) is 35.5 Å². The van der Waals surface area contributed by atoms with Crippen LogP contribution >= 0.6 is 0 Å². The standard InChI is InChI=1S/C15H27N/c1-4-9(5-2)15(16-3)14-12-10-6-7-11(8-10)13(12)14/h9-16H,4-8H2,1-3H3. The first-order valence-corrected chi connectivity index (χ1v) is 7.49. The van der Waals surface area contributed by atoms with Crippen molar-refractivity contribution in [3.63, 3.8) is 0 Å². The number of nitrogens with one attached hydrogen (secondary N) is 1. The Morgan fingerprint density at radius 2 is 1.62 bits per heavy atom. The molecular formula is C15H27N. The summed E-state index contributed by atoms with van der Waals surface area (Å²) in [5.41, 5.74) is 0. The van der Waals surface area contributed by atoms with E-state index in [0.29, 0.717) is 0 Å². The summed E-state index contributed by atoms with van der Waals surface area (Å²) in [6, 6.07) is 0.827. The molecule has 1 N–H and O–H groups in total. The van der Waals surface area contributed by atoms with Crippen molar-refractivity contribution in [2.45, 2.75) is 52.0 Å². The summed E-state index contributed by atoms with van der Waals surface area (Å²) in [6.07, 6.45) is 7.41. The van der Waals surface area contributed by atoms with Crippen LogP contribution in [0.25, 0.3) is 0 Å². The maximum atomic E-state index is 3.66. The van der Waals surface area contributed by atoms with Gasteiger partial charge >= 0.3 is 0 Å². The maximum absolute atomic E-state index is 3.66. The molecular weight excluding hydrogens is 194 g/mol. The number of hydrogen-bond acceptors (Lipinski definition) is 1. The minimum absolute atomic E-state index is 0.827. The second-order valence-electron chi connectivity index (χ2n) is 6.46. The second kappa shape index (κ2) is 4.01. The molecule has 0 aliphatic heterocycles. The summed E-state index contributed by atoms with van der Waals surface area (Å²) < 4.78 is 0. The van der Waals surface area contributed by atoms with Gasteiger partial charge in [-0.3, -0.25) is 0 Å². The third-order valence-electron chi connectivity index (χ3n) is 6.10. The fourth-order valence-corrected chi connectivity index (χ4v) is 5.41. The fourth-order valence-electron chi connectivity index (χ4n) is 5.41. The topological polar surface area (TPSA) is 12.0 Å². The first-order valence-electron chi connectivity index (χ1n) is 7.49. The van der Waals surface area contributed by atoms with E-state index < -0.39 is 0 Å². The molecule has 0 aromatic carbocycles. The van der Waals surface area contributed by atoms with Gasteiger partial charge in [-0.2, -0.15) is 0 Å². The van der Waals surface area contributed by atoms with Crippen molar-refractivity contribution >= 4 is 0 Å². The van der Waals surface area contributed by atoms with Crippen LogP contribution in [0.15, 0.2) is 0 Å². The lowest BCUT2D eigenvalue weighted by Crippen LogP contribution is -2.37. The van der Waals surface area contributed by atoms with Crippen LogP contribution < -0.4 is 5.32 Å². The molecule has 3 rings (SSSR count). The molecule has 1 heteroatoms. The summed E-state index contributed by atoms with van der Waals surface area (Å²) in [5.74, 6) is 6.50. The normalized spacial score (nSPS) is 46.1. The van der Waals surface area contributed by atoms with Crippen molar-refractivity contribution in [3.05, 3.63) is 0 Å². The van der Waals surface area contributed by atoms with Crippen LogP contribution in [-0.4, -0.2) is 13.1 Å². The smallest absolute Gasteiger partial charge is 0.0126 e. The summed E-state index contributed by atoms with van der Waals surface area (Å²) >= 11 is 0. The van der Waals surface area contributed by atoms with Gasteiger partial charge in [-0.05, 0) is 61.8 Å². The van der Waals surface area contributed by atoms with Crippen LogP contribution in [0.1, 0.15) is 46.0 Å². The van der Waals surface area contributed by atoms with Gasteiger partial charge < -0.3 is 5.32 Å². The predicted molar refractivity (Wildman–Crippen MR) is 68.2 cm³/mol. The zero-order valence-electron chi connectivity index (χ0n) is 11.1. The molecule has 0 spiro atoms. The van der Waals surface area contributed by atoms with Gasteiger partial charge in [-0.1, -0.05) is 26.7 Å². The van der Waals surface area contributed by atoms with Crippen LogP contribution in [0.3, 0.4) is 0 Å². The van der Waals surface area contributed by atoms with Crippen molar-refractivity contribution in [2.75, 3.05) is 7.05 Å². The van der Waals surface area contributed by atoms with Crippen molar-refractivity contribution in [3.8, 4) is 0 Å². The van der Waals surface area contributed by atoms with E-state index in [0.717, 1.165) is 41.5 Å². The Balaban J connectivity index is 1.69. The molecule has 5 unspecified atom stereocenters. The molecule has 3 saturated carbocycles. The lowest BCUT2D eigenvalue weighted by Gasteiger charge is -2.27. The van der Waals surface area contributed by atoms with E-state index in [9.17, 15) is 0 Å². The molecule has 0 radical (unpaired) electrons. The Morgan fingerprint density at radius 3 is 2.06 bits per heavy atom. The molecule has 3 aliphatic carbocycles. The minimum atomic E-state index is 0.827. The zero-order chi connectivity index (χ0) is 11.3. The molecule has 3 fully saturated rings. The van der Waals surface area contributed by atoms with Crippen molar-refractivity contribution in [2.24, 2.45) is 35.5 Å². The Labute approximate surface area is 100 Å². The lowest BCUT2D eigenvalue weighted by atomic mass is 9.86. The van der Waals surface area contributed by atoms with E-state index in [4.69, 9.17) is 0 Å². The summed E-state index contributed by atoms with van der Waals surface area (Å²) in [4.78, 5) is 0. The first kappa shape index (κ1) is 11.1. The Kier molecular flexibility index (Phi) is 2.78. The average Bonchev–Trinajstić information content (AvgIpc) is 2.73. The van der Waals surface area contributed by atoms with Gasteiger partial charge in [0, 0.05) is 6.04 Å². The van der Waals surface area contributed by atoms with Gasteiger partial charge in [-0.15, -0.1) is 0 Å². The van der Waals surface area contributed by atoms with Gasteiger partial charge in [0.05, 0.1) is 0 Å². The highest BCUT2D eigenvalue weighted by Crippen LogP contribution is 2.70. The average molecular weight is 221 g/mol. The van der Waals surface area contributed by atoms with Crippen molar-refractivity contribution in [1.82, 2.24) is 5.32 Å². The molecule has 0 saturated heterocycles. The SMILES string of the molecule is CCC(CC)C(NC)C1C2C3CCC(C3)C21. The molecule has 2 bridgehead atoms. The molecule has 5 atom stereocenters. The van der Waals surface area contributed by atoms with E-state index >= 15 is 0 Å². The number of fused-ring (bicyclic) bond motifs is 5. The first-order chi connectivity index (χ1) is 7.81. The summed E-state index contributed by atoms with van der Waals surface area (Å²) in [5, 5.41) is 3.66. The van der Waals surface area contributed by atoms with Gasteiger partial charge in [0.2, 0.25) is 0 Å². The Hall–Kier alpha value is -0.0400. The van der Waals surface area contributed by atoms with E-state index in [2.05, 4.69) is 26.2 Å². The van der Waals surface area contributed by atoms with Gasteiger partial charge in [0.25, 0.3) is 0 Å². The van der Waals surface area contributed by atoms with E-state index in [1.54, 1.807) is 19.3 Å². The molecule has 92 valence electrons. The fraction of sp³-hybridized carbons (Fsp3) is 1.00. The van der Waals surface area contributed by atoms with Gasteiger partial charge in [0.15, 0.2) is 0 Å². The van der Waals surface area contributed by atoms with E-state index in [1.807, 2.05) is 0 Å². The number of hydrogen-bond donors (Lipinski definition) is 1. The quantitative estimate of drug-likeness (QED) is 0.751. The van der Waals surface area contributed by atoms with E-state index in [1.165, 1.54) is 12.8 Å². The monoisotopic (exact) mass is 221 g/mol. The maximum Gasteiger partial charge on any atom is 0.0126 e.